The smallest absolute Gasteiger partial charge is 0.346 e. The van der Waals surface area contributed by atoms with E-state index in [9.17, 15) is 9.59 Å². The number of halogens is 1. The van der Waals surface area contributed by atoms with Crippen LogP contribution in [0.1, 0.15) is 12.5 Å². The number of fused-ring (bicyclic) bond motifs is 2. The first-order valence-electron chi connectivity index (χ1n) is 11.0. The summed E-state index contributed by atoms with van der Waals surface area (Å²) in [6, 6.07) is 21.7. The van der Waals surface area contributed by atoms with Gasteiger partial charge in [-0.2, -0.15) is 9.78 Å². The zero-order chi connectivity index (χ0) is 25.2. The lowest BCUT2D eigenvalue weighted by Crippen LogP contribution is -2.25. The third kappa shape index (κ3) is 4.52. The Bertz CT molecular complexity index is 1660. The van der Waals surface area contributed by atoms with Crippen molar-refractivity contribution in [2.45, 2.75) is 13.0 Å². The van der Waals surface area contributed by atoms with E-state index in [0.717, 1.165) is 9.86 Å². The van der Waals surface area contributed by atoms with Crippen LogP contribution in [0.25, 0.3) is 33.5 Å². The Morgan fingerprint density at radius 2 is 1.89 bits per heavy atom. The number of nitrogens with zero attached hydrogens (tertiary/aromatic N) is 3. The highest BCUT2D eigenvalue weighted by molar-refractivity contribution is 9.10. The molecule has 9 heteroatoms. The second-order valence-electron chi connectivity index (χ2n) is 7.93. The van der Waals surface area contributed by atoms with Gasteiger partial charge in [0.1, 0.15) is 11.3 Å². The van der Waals surface area contributed by atoms with E-state index >= 15 is 0 Å². The molecule has 0 amide bonds. The molecule has 2 aromatic heterocycles. The molecule has 8 nitrogen and oxygen atoms in total. The molecule has 0 radical (unpaired) electrons. The number of methoxy groups -OCH3 is 1. The van der Waals surface area contributed by atoms with Crippen LogP contribution in [0, 0.1) is 0 Å². The summed E-state index contributed by atoms with van der Waals surface area (Å²) in [6.45, 7) is 1.59. The van der Waals surface area contributed by atoms with Crippen LogP contribution in [0.5, 0.6) is 5.75 Å². The van der Waals surface area contributed by atoms with Gasteiger partial charge in [-0.1, -0.05) is 46.3 Å². The number of hydrogen-bond acceptors (Lipinski definition) is 7. The number of esters is 1. The zero-order valence-corrected chi connectivity index (χ0v) is 20.9. The summed E-state index contributed by atoms with van der Waals surface area (Å²) in [6.07, 6.45) is 0.646. The van der Waals surface area contributed by atoms with Gasteiger partial charge < -0.3 is 13.9 Å². The first kappa shape index (κ1) is 23.5. The maximum Gasteiger partial charge on any atom is 0.346 e. The summed E-state index contributed by atoms with van der Waals surface area (Å²) in [4.78, 5) is 30.0. The topological polar surface area (TPSA) is 95.9 Å². The summed E-state index contributed by atoms with van der Waals surface area (Å²) >= 11 is 3.44. The van der Waals surface area contributed by atoms with Gasteiger partial charge in [0.05, 0.1) is 24.2 Å². The van der Waals surface area contributed by atoms with Gasteiger partial charge in [-0.3, -0.25) is 4.79 Å². The maximum atomic E-state index is 13.5. The number of rotatable bonds is 6. The maximum absolute atomic E-state index is 13.5. The van der Waals surface area contributed by atoms with Gasteiger partial charge in [0.15, 0.2) is 11.9 Å². The van der Waals surface area contributed by atoms with Crippen molar-refractivity contribution in [2.75, 3.05) is 7.11 Å². The largest absolute Gasteiger partial charge is 0.478 e. The predicted octanol–water partition coefficient (Wildman–Crippen LogP) is 5.39. The zero-order valence-electron chi connectivity index (χ0n) is 19.3. The van der Waals surface area contributed by atoms with E-state index in [1.165, 1.54) is 18.0 Å². The predicted molar refractivity (Wildman–Crippen MR) is 140 cm³/mol. The Labute approximate surface area is 213 Å². The molecule has 0 aliphatic heterocycles. The van der Waals surface area contributed by atoms with Crippen molar-refractivity contribution in [1.82, 2.24) is 9.66 Å². The van der Waals surface area contributed by atoms with E-state index in [0.29, 0.717) is 33.6 Å². The van der Waals surface area contributed by atoms with Gasteiger partial charge in [0.2, 0.25) is 5.82 Å². The Hall–Kier alpha value is -4.24. The van der Waals surface area contributed by atoms with E-state index in [4.69, 9.17) is 18.9 Å². The molecule has 36 heavy (non-hydrogen) atoms. The molecule has 180 valence electrons. The second-order valence-corrected chi connectivity index (χ2v) is 8.84. The number of furan rings is 1. The average molecular weight is 546 g/mol. The first-order valence-corrected chi connectivity index (χ1v) is 11.8. The molecular formula is C27H20BrN3O5. The Morgan fingerprint density at radius 3 is 2.69 bits per heavy atom. The molecule has 3 aromatic carbocycles. The summed E-state index contributed by atoms with van der Waals surface area (Å²) in [7, 11) is 1.30. The minimum absolute atomic E-state index is 0.256. The molecule has 2 heterocycles. The molecule has 0 unspecified atom stereocenters. The van der Waals surface area contributed by atoms with Gasteiger partial charge in [0, 0.05) is 15.4 Å². The van der Waals surface area contributed by atoms with Crippen LogP contribution in [0.2, 0.25) is 0 Å². The van der Waals surface area contributed by atoms with Crippen LogP contribution < -0.4 is 10.3 Å². The van der Waals surface area contributed by atoms with Crippen molar-refractivity contribution in [1.29, 1.82) is 0 Å². The summed E-state index contributed by atoms with van der Waals surface area (Å²) in [5.41, 5.74) is 1.39. The van der Waals surface area contributed by atoms with E-state index < -0.39 is 12.1 Å². The van der Waals surface area contributed by atoms with Gasteiger partial charge in [-0.15, -0.1) is 0 Å². The van der Waals surface area contributed by atoms with Gasteiger partial charge in [-0.05, 0) is 49.4 Å². The monoisotopic (exact) mass is 545 g/mol. The third-order valence-electron chi connectivity index (χ3n) is 5.52. The van der Waals surface area contributed by atoms with E-state index in [1.54, 1.807) is 43.3 Å². The minimum atomic E-state index is -0.834. The normalized spacial score (nSPS) is 12.3. The van der Waals surface area contributed by atoms with Crippen molar-refractivity contribution in [2.24, 2.45) is 5.10 Å². The Morgan fingerprint density at radius 1 is 1.11 bits per heavy atom. The fourth-order valence-electron chi connectivity index (χ4n) is 3.73. The molecule has 1 atom stereocenters. The standard InChI is InChI=1S/C27H20BrN3O5/c1-16(27(33)34-2)35-23-12-11-19(28)13-18(23)15-29-31-25(24-14-17-7-3-6-10-22(17)36-24)30-21-9-5-4-8-20(21)26(31)32/h3-16H,1-2H3/t16-/m0/s1. The fourth-order valence-corrected chi connectivity index (χ4v) is 4.11. The van der Waals surface area contributed by atoms with E-state index in [-0.39, 0.29) is 11.4 Å². The highest BCUT2D eigenvalue weighted by Crippen LogP contribution is 2.28. The highest BCUT2D eigenvalue weighted by Gasteiger charge is 2.18. The lowest BCUT2D eigenvalue weighted by Gasteiger charge is -2.14. The van der Waals surface area contributed by atoms with Crippen LogP contribution in [-0.4, -0.2) is 35.1 Å². The van der Waals surface area contributed by atoms with Crippen molar-refractivity contribution in [3.63, 3.8) is 0 Å². The Kier molecular flexibility index (Phi) is 6.39. The van der Waals surface area contributed by atoms with Crippen molar-refractivity contribution < 1.29 is 18.7 Å². The van der Waals surface area contributed by atoms with Gasteiger partial charge in [0.25, 0.3) is 5.56 Å². The molecule has 0 saturated carbocycles. The molecule has 0 fully saturated rings. The summed E-state index contributed by atoms with van der Waals surface area (Å²) in [5, 5.41) is 5.78. The molecule has 0 aliphatic carbocycles. The molecule has 0 aliphatic rings. The van der Waals surface area contributed by atoms with E-state index in [1.807, 2.05) is 36.4 Å². The minimum Gasteiger partial charge on any atom is -0.478 e. The van der Waals surface area contributed by atoms with Crippen molar-refractivity contribution in [3.8, 4) is 17.3 Å². The SMILES string of the molecule is COC(=O)[C@H](C)Oc1ccc(Br)cc1C=Nn1c(-c2cc3ccccc3o2)nc2ccccc2c1=O. The average Bonchev–Trinajstić information content (AvgIpc) is 3.33. The van der Waals surface area contributed by atoms with Crippen LogP contribution >= 0.6 is 15.9 Å². The molecule has 5 rings (SSSR count). The third-order valence-corrected chi connectivity index (χ3v) is 6.01. The fraction of sp³-hybridized carbons (Fsp3) is 0.111. The molecule has 0 N–H and O–H groups in total. The number of ether oxygens (including phenoxy) is 2. The molecule has 5 aromatic rings. The second kappa shape index (κ2) is 9.79. The quantitative estimate of drug-likeness (QED) is 0.209. The van der Waals surface area contributed by atoms with Gasteiger partial charge >= 0.3 is 5.97 Å². The van der Waals surface area contributed by atoms with Gasteiger partial charge in [-0.25, -0.2) is 9.78 Å². The van der Waals surface area contributed by atoms with Crippen LogP contribution in [0.15, 0.2) is 91.6 Å². The lowest BCUT2D eigenvalue weighted by molar-refractivity contribution is -0.147. The lowest BCUT2D eigenvalue weighted by atomic mass is 10.2. The number of hydrogen-bond donors (Lipinski definition) is 0. The van der Waals surface area contributed by atoms with Crippen LogP contribution in [-0.2, 0) is 9.53 Å². The van der Waals surface area contributed by atoms with Crippen molar-refractivity contribution >= 4 is 50.0 Å². The van der Waals surface area contributed by atoms with Crippen molar-refractivity contribution in [3.05, 3.63) is 93.2 Å². The molecule has 0 saturated heterocycles. The first-order chi connectivity index (χ1) is 17.4. The Balaban J connectivity index is 1.65. The van der Waals surface area contributed by atoms with E-state index in [2.05, 4.69) is 21.0 Å². The number of benzene rings is 3. The summed E-state index contributed by atoms with van der Waals surface area (Å²) in [5.74, 6) is 0.544. The highest BCUT2D eigenvalue weighted by atomic mass is 79.9. The van der Waals surface area contributed by atoms with Crippen LogP contribution in [0.4, 0.5) is 0 Å². The number of aromatic nitrogens is 2. The molecule has 0 spiro atoms. The number of carbonyl (C=O) groups is 1. The molecular weight excluding hydrogens is 526 g/mol. The van der Waals surface area contributed by atoms with Crippen LogP contribution in [0.3, 0.4) is 0 Å². The number of carbonyl (C=O) groups excluding carboxylic acids is 1. The molecule has 0 bridgehead atoms. The number of para-hydroxylation sites is 2. The summed E-state index contributed by atoms with van der Waals surface area (Å²) < 4.78 is 18.5.